The predicted molar refractivity (Wildman–Crippen MR) is 94.0 cm³/mol. The molecule has 6 heteroatoms. The van der Waals surface area contributed by atoms with E-state index in [2.05, 4.69) is 39.3 Å². The van der Waals surface area contributed by atoms with Gasteiger partial charge in [-0.3, -0.25) is 5.10 Å². The molecule has 0 radical (unpaired) electrons. The minimum Gasteiger partial charge on any atom is -0.351 e. The van der Waals surface area contributed by atoms with Gasteiger partial charge in [-0.15, -0.1) is 11.3 Å². The molecular formula is C17H21N5S. The third-order valence-electron chi connectivity index (χ3n) is 4.33. The van der Waals surface area contributed by atoms with E-state index in [1.807, 2.05) is 13.1 Å². The van der Waals surface area contributed by atoms with Crippen LogP contribution in [0.2, 0.25) is 0 Å². The molecule has 3 aromatic rings. The van der Waals surface area contributed by atoms with Gasteiger partial charge in [0.25, 0.3) is 0 Å². The average molecular weight is 327 g/mol. The van der Waals surface area contributed by atoms with Gasteiger partial charge >= 0.3 is 0 Å². The molecular weight excluding hydrogens is 306 g/mol. The lowest BCUT2D eigenvalue weighted by molar-refractivity contribution is 0.650. The maximum atomic E-state index is 4.81. The first kappa shape index (κ1) is 14.6. The number of anilines is 1. The van der Waals surface area contributed by atoms with Crippen molar-refractivity contribution in [3.63, 3.8) is 0 Å². The van der Waals surface area contributed by atoms with Crippen molar-refractivity contribution in [1.29, 1.82) is 0 Å². The number of thiophene rings is 1. The highest BCUT2D eigenvalue weighted by atomic mass is 32.1. The monoisotopic (exact) mass is 327 g/mol. The summed E-state index contributed by atoms with van der Waals surface area (Å²) in [4.78, 5) is 13.0. The molecule has 0 amide bonds. The Kier molecular flexibility index (Phi) is 3.56. The molecule has 0 saturated carbocycles. The van der Waals surface area contributed by atoms with Crippen LogP contribution in [-0.4, -0.2) is 26.7 Å². The van der Waals surface area contributed by atoms with Crippen LogP contribution in [-0.2, 0) is 19.4 Å². The van der Waals surface area contributed by atoms with Gasteiger partial charge in [0.2, 0.25) is 0 Å². The summed E-state index contributed by atoms with van der Waals surface area (Å²) in [5.41, 5.74) is 3.92. The van der Waals surface area contributed by atoms with Crippen LogP contribution in [0.4, 0.5) is 5.82 Å². The fraction of sp³-hybridized carbons (Fsp3) is 0.471. The number of rotatable bonds is 3. The number of nitrogens with one attached hydrogen (secondary N) is 1. The summed E-state index contributed by atoms with van der Waals surface area (Å²) in [6, 6.07) is 0. The van der Waals surface area contributed by atoms with E-state index in [1.54, 1.807) is 11.3 Å². The van der Waals surface area contributed by atoms with E-state index >= 15 is 0 Å². The molecule has 23 heavy (non-hydrogen) atoms. The third kappa shape index (κ3) is 2.61. The zero-order valence-electron chi connectivity index (χ0n) is 13.8. The van der Waals surface area contributed by atoms with Crippen molar-refractivity contribution in [2.75, 3.05) is 11.4 Å². The van der Waals surface area contributed by atoms with Crippen LogP contribution in [0.1, 0.15) is 36.5 Å². The minimum atomic E-state index is 0.629. The largest absolute Gasteiger partial charge is 0.351 e. The van der Waals surface area contributed by atoms with Crippen LogP contribution in [0.5, 0.6) is 0 Å². The topological polar surface area (TPSA) is 57.7 Å². The highest BCUT2D eigenvalue weighted by Gasteiger charge is 2.23. The van der Waals surface area contributed by atoms with Gasteiger partial charge < -0.3 is 4.90 Å². The fourth-order valence-electron chi connectivity index (χ4n) is 3.31. The van der Waals surface area contributed by atoms with Crippen molar-refractivity contribution in [3.05, 3.63) is 34.2 Å². The Bertz CT molecular complexity index is 848. The van der Waals surface area contributed by atoms with Crippen molar-refractivity contribution in [2.24, 2.45) is 5.92 Å². The van der Waals surface area contributed by atoms with Crippen molar-refractivity contribution < 1.29 is 0 Å². The number of nitrogens with zero attached hydrogens (tertiary/aromatic N) is 4. The highest BCUT2D eigenvalue weighted by Crippen LogP contribution is 2.35. The van der Waals surface area contributed by atoms with Gasteiger partial charge in [-0.1, -0.05) is 13.8 Å². The van der Waals surface area contributed by atoms with Crippen molar-refractivity contribution >= 4 is 27.4 Å². The summed E-state index contributed by atoms with van der Waals surface area (Å²) < 4.78 is 0. The van der Waals surface area contributed by atoms with Crippen LogP contribution in [0.3, 0.4) is 0 Å². The summed E-state index contributed by atoms with van der Waals surface area (Å²) in [6.45, 7) is 8.35. The van der Waals surface area contributed by atoms with E-state index in [0.717, 1.165) is 42.4 Å². The summed E-state index contributed by atoms with van der Waals surface area (Å²) in [5, 5.41) is 10.8. The number of aromatic amines is 1. The molecule has 120 valence electrons. The summed E-state index contributed by atoms with van der Waals surface area (Å²) >= 11 is 1.74. The summed E-state index contributed by atoms with van der Waals surface area (Å²) in [5.74, 6) is 2.57. The molecule has 5 nitrogen and oxygen atoms in total. The zero-order chi connectivity index (χ0) is 16.0. The van der Waals surface area contributed by atoms with Crippen LogP contribution in [0.25, 0.3) is 10.2 Å². The quantitative estimate of drug-likeness (QED) is 0.800. The highest BCUT2D eigenvalue weighted by molar-refractivity contribution is 7.17. The second-order valence-corrected chi connectivity index (χ2v) is 7.54. The maximum absolute atomic E-state index is 4.81. The Labute approximate surface area is 139 Å². The van der Waals surface area contributed by atoms with Gasteiger partial charge in [0.05, 0.1) is 11.6 Å². The number of hydrogen-bond acceptors (Lipinski definition) is 5. The molecule has 4 heterocycles. The van der Waals surface area contributed by atoms with Crippen LogP contribution in [0, 0.1) is 12.8 Å². The molecule has 0 atom stereocenters. The molecule has 1 aliphatic rings. The SMILES string of the molecule is Cc1nc(N2CCc3[nH]ncc3C2)c2c(CC(C)C)csc2n1. The average Bonchev–Trinajstić information content (AvgIpc) is 3.12. The minimum absolute atomic E-state index is 0.629. The standard InChI is InChI=1S/C17H21N5S/c1-10(2)6-12-9-23-17-15(12)16(19-11(3)20-17)22-5-4-14-13(8-22)7-18-21-14/h7,9-10H,4-6,8H2,1-3H3,(H,18,21). The number of fused-ring (bicyclic) bond motifs is 2. The Balaban J connectivity index is 1.81. The van der Waals surface area contributed by atoms with Crippen LogP contribution in [0.15, 0.2) is 11.6 Å². The molecule has 1 aliphatic heterocycles. The molecule has 1 N–H and O–H groups in total. The first-order valence-corrected chi connectivity index (χ1v) is 9.00. The van der Waals surface area contributed by atoms with Gasteiger partial charge in [0, 0.05) is 30.8 Å². The lowest BCUT2D eigenvalue weighted by atomic mass is 10.0. The molecule has 0 saturated heterocycles. The maximum Gasteiger partial charge on any atom is 0.141 e. The van der Waals surface area contributed by atoms with E-state index < -0.39 is 0 Å². The van der Waals surface area contributed by atoms with E-state index in [0.29, 0.717) is 5.92 Å². The molecule has 0 aliphatic carbocycles. The van der Waals surface area contributed by atoms with Crippen LogP contribution < -0.4 is 4.90 Å². The van der Waals surface area contributed by atoms with E-state index in [1.165, 1.54) is 22.2 Å². The molecule has 3 aromatic heterocycles. The summed E-state index contributed by atoms with van der Waals surface area (Å²) in [6.07, 6.45) is 4.00. The van der Waals surface area contributed by atoms with Gasteiger partial charge in [-0.05, 0) is 30.2 Å². The molecule has 0 fully saturated rings. The predicted octanol–water partition coefficient (Wildman–Crippen LogP) is 3.48. The van der Waals surface area contributed by atoms with E-state index in [-0.39, 0.29) is 0 Å². The first-order valence-electron chi connectivity index (χ1n) is 8.12. The molecule has 0 spiro atoms. The molecule has 0 aromatic carbocycles. The van der Waals surface area contributed by atoms with Gasteiger partial charge in [0.1, 0.15) is 16.5 Å². The normalized spacial score (nSPS) is 14.7. The van der Waals surface area contributed by atoms with Gasteiger partial charge in [-0.25, -0.2) is 9.97 Å². The Hall–Kier alpha value is -1.95. The third-order valence-corrected chi connectivity index (χ3v) is 5.25. The van der Waals surface area contributed by atoms with Crippen molar-refractivity contribution in [3.8, 4) is 0 Å². The second-order valence-electron chi connectivity index (χ2n) is 6.68. The molecule has 0 unspecified atom stereocenters. The second kappa shape index (κ2) is 5.60. The van der Waals surface area contributed by atoms with Gasteiger partial charge in [-0.2, -0.15) is 5.10 Å². The van der Waals surface area contributed by atoms with Crippen LogP contribution >= 0.6 is 11.3 Å². The zero-order valence-corrected chi connectivity index (χ0v) is 14.6. The van der Waals surface area contributed by atoms with E-state index in [4.69, 9.17) is 4.98 Å². The number of H-pyrrole nitrogens is 1. The fourth-order valence-corrected chi connectivity index (χ4v) is 4.30. The molecule has 0 bridgehead atoms. The lowest BCUT2D eigenvalue weighted by Gasteiger charge is -2.28. The Morgan fingerprint density at radius 3 is 3.04 bits per heavy atom. The Morgan fingerprint density at radius 2 is 2.22 bits per heavy atom. The summed E-state index contributed by atoms with van der Waals surface area (Å²) in [7, 11) is 0. The number of hydrogen-bond donors (Lipinski definition) is 1. The van der Waals surface area contributed by atoms with Gasteiger partial charge in [0.15, 0.2) is 0 Å². The molecule has 4 rings (SSSR count). The van der Waals surface area contributed by atoms with Crippen molar-refractivity contribution in [1.82, 2.24) is 20.2 Å². The Morgan fingerprint density at radius 1 is 1.35 bits per heavy atom. The van der Waals surface area contributed by atoms with E-state index in [9.17, 15) is 0 Å². The first-order chi connectivity index (χ1) is 11.1. The number of aryl methyl sites for hydroxylation is 1. The smallest absolute Gasteiger partial charge is 0.141 e. The number of aromatic nitrogens is 4. The lowest BCUT2D eigenvalue weighted by Crippen LogP contribution is -2.31. The van der Waals surface area contributed by atoms with Crippen molar-refractivity contribution in [2.45, 2.75) is 40.2 Å².